The average molecular weight is 330 g/mol. The number of hydrogen-bond donors (Lipinski definition) is 1. The van der Waals surface area contributed by atoms with Crippen molar-refractivity contribution in [2.75, 3.05) is 13.7 Å². The zero-order valence-corrected chi connectivity index (χ0v) is 14.0. The molecule has 0 fully saturated rings. The lowest BCUT2D eigenvalue weighted by molar-refractivity contribution is 0.227. The van der Waals surface area contributed by atoms with Crippen LogP contribution in [0.3, 0.4) is 0 Å². The maximum absolute atomic E-state index is 5.89. The second-order valence-corrected chi connectivity index (χ2v) is 6.20. The molecule has 0 unspecified atom stereocenters. The van der Waals surface area contributed by atoms with Crippen LogP contribution < -0.4 is 14.8 Å². The van der Waals surface area contributed by atoms with E-state index in [2.05, 4.69) is 41.2 Å². The van der Waals surface area contributed by atoms with Gasteiger partial charge in [-0.05, 0) is 38.4 Å². The van der Waals surface area contributed by atoms with Crippen LogP contribution in [0.4, 0.5) is 0 Å². The summed E-state index contributed by atoms with van der Waals surface area (Å²) in [5.74, 6) is 2.23. The van der Waals surface area contributed by atoms with E-state index >= 15 is 0 Å². The Morgan fingerprint density at radius 2 is 1.89 bits per heavy atom. The number of halogens is 1. The van der Waals surface area contributed by atoms with E-state index < -0.39 is 0 Å². The van der Waals surface area contributed by atoms with Gasteiger partial charge in [0.25, 0.3) is 0 Å². The van der Waals surface area contributed by atoms with Gasteiger partial charge in [-0.2, -0.15) is 0 Å². The Bertz CT molecular complexity index is 405. The first-order valence-electron chi connectivity index (χ1n) is 6.67. The second kappa shape index (κ2) is 7.75. The Labute approximate surface area is 124 Å². The zero-order valence-electron chi connectivity index (χ0n) is 12.4. The summed E-state index contributed by atoms with van der Waals surface area (Å²) in [6, 6.07) is 4.01. The van der Waals surface area contributed by atoms with Crippen LogP contribution in [0.15, 0.2) is 16.6 Å². The molecule has 1 N–H and O–H groups in total. The van der Waals surface area contributed by atoms with Crippen molar-refractivity contribution in [3.05, 3.63) is 22.2 Å². The Morgan fingerprint density at radius 1 is 1.21 bits per heavy atom. The number of hydrogen-bond acceptors (Lipinski definition) is 3. The van der Waals surface area contributed by atoms with E-state index in [-0.39, 0.29) is 6.10 Å². The van der Waals surface area contributed by atoms with E-state index in [1.165, 1.54) is 0 Å². The molecule has 0 aromatic heterocycles. The molecule has 0 saturated carbocycles. The molecule has 0 aliphatic carbocycles. The molecule has 0 aliphatic rings. The minimum atomic E-state index is 0.124. The fourth-order valence-corrected chi connectivity index (χ4v) is 2.25. The first kappa shape index (κ1) is 16.3. The van der Waals surface area contributed by atoms with Crippen LogP contribution >= 0.6 is 15.9 Å². The molecule has 0 spiro atoms. The van der Waals surface area contributed by atoms with Crippen molar-refractivity contribution in [1.82, 2.24) is 5.32 Å². The smallest absolute Gasteiger partial charge is 0.166 e. The highest BCUT2D eigenvalue weighted by Gasteiger charge is 2.14. The van der Waals surface area contributed by atoms with Gasteiger partial charge >= 0.3 is 0 Å². The lowest BCUT2D eigenvalue weighted by atomic mass is 10.1. The molecule has 3 nitrogen and oxygen atoms in total. The van der Waals surface area contributed by atoms with Gasteiger partial charge in [-0.15, -0.1) is 0 Å². The van der Waals surface area contributed by atoms with Gasteiger partial charge < -0.3 is 14.8 Å². The first-order valence-corrected chi connectivity index (χ1v) is 7.47. The molecular weight excluding hydrogens is 306 g/mol. The van der Waals surface area contributed by atoms with Crippen molar-refractivity contribution in [3.8, 4) is 11.5 Å². The predicted molar refractivity (Wildman–Crippen MR) is 83.0 cm³/mol. The Balaban J connectivity index is 2.94. The summed E-state index contributed by atoms with van der Waals surface area (Å²) < 4.78 is 12.3. The third-order valence-electron chi connectivity index (χ3n) is 2.54. The summed E-state index contributed by atoms with van der Waals surface area (Å²) in [7, 11) is 1.67. The van der Waals surface area contributed by atoms with Gasteiger partial charge in [-0.1, -0.05) is 29.8 Å². The van der Waals surface area contributed by atoms with Crippen LogP contribution in [0.2, 0.25) is 0 Å². The molecular formula is C15H24BrNO2. The summed E-state index contributed by atoms with van der Waals surface area (Å²) in [5.41, 5.74) is 1.11. The Kier molecular flexibility index (Phi) is 6.66. The quantitative estimate of drug-likeness (QED) is 0.820. The van der Waals surface area contributed by atoms with E-state index in [0.29, 0.717) is 5.92 Å². The number of benzene rings is 1. The van der Waals surface area contributed by atoms with E-state index in [1.807, 2.05) is 19.9 Å². The van der Waals surface area contributed by atoms with Gasteiger partial charge in [0, 0.05) is 16.6 Å². The van der Waals surface area contributed by atoms with E-state index in [1.54, 1.807) is 7.11 Å². The number of rotatable bonds is 7. The van der Waals surface area contributed by atoms with Crippen molar-refractivity contribution in [1.29, 1.82) is 0 Å². The summed E-state index contributed by atoms with van der Waals surface area (Å²) in [6.45, 7) is 10.2. The molecule has 108 valence electrons. The average Bonchev–Trinajstić information content (AvgIpc) is 2.31. The topological polar surface area (TPSA) is 30.5 Å². The summed E-state index contributed by atoms with van der Waals surface area (Å²) >= 11 is 3.51. The van der Waals surface area contributed by atoms with Crippen molar-refractivity contribution >= 4 is 15.9 Å². The third-order valence-corrected chi connectivity index (χ3v) is 3.00. The molecule has 0 bridgehead atoms. The van der Waals surface area contributed by atoms with Gasteiger partial charge in [-0.3, -0.25) is 0 Å². The third kappa shape index (κ3) is 5.41. The summed E-state index contributed by atoms with van der Waals surface area (Å²) in [4.78, 5) is 0. The lowest BCUT2D eigenvalue weighted by Crippen LogP contribution is -2.20. The molecule has 0 aliphatic heterocycles. The van der Waals surface area contributed by atoms with Crippen LogP contribution in [-0.4, -0.2) is 19.8 Å². The van der Waals surface area contributed by atoms with Gasteiger partial charge in [-0.25, -0.2) is 0 Å². The molecule has 0 heterocycles. The second-order valence-electron chi connectivity index (χ2n) is 5.29. The SMILES string of the molecule is COc1cc(Br)cc(CNCC(C)C)c1OC(C)C. The first-order chi connectivity index (χ1) is 8.93. The maximum atomic E-state index is 5.89. The standard InChI is InChI=1S/C15H24BrNO2/c1-10(2)8-17-9-12-6-13(16)7-14(18-5)15(12)19-11(3)4/h6-7,10-11,17H,8-9H2,1-5H3. The highest BCUT2D eigenvalue weighted by atomic mass is 79.9. The molecule has 1 aromatic carbocycles. The molecule has 1 aromatic rings. The molecule has 0 radical (unpaired) electrons. The van der Waals surface area contributed by atoms with E-state index in [4.69, 9.17) is 9.47 Å². The van der Waals surface area contributed by atoms with Crippen LogP contribution in [-0.2, 0) is 6.54 Å². The normalized spacial score (nSPS) is 11.2. The highest BCUT2D eigenvalue weighted by Crippen LogP contribution is 2.35. The minimum absolute atomic E-state index is 0.124. The van der Waals surface area contributed by atoms with Crippen molar-refractivity contribution < 1.29 is 9.47 Å². The highest BCUT2D eigenvalue weighted by molar-refractivity contribution is 9.10. The fourth-order valence-electron chi connectivity index (χ4n) is 1.77. The monoisotopic (exact) mass is 329 g/mol. The van der Waals surface area contributed by atoms with Gasteiger partial charge in [0.1, 0.15) is 0 Å². The van der Waals surface area contributed by atoms with Crippen molar-refractivity contribution in [2.45, 2.75) is 40.3 Å². The molecule has 4 heteroatoms. The largest absolute Gasteiger partial charge is 0.493 e. The predicted octanol–water partition coefficient (Wildman–Crippen LogP) is 3.99. The maximum Gasteiger partial charge on any atom is 0.166 e. The zero-order chi connectivity index (χ0) is 14.4. The van der Waals surface area contributed by atoms with Gasteiger partial charge in [0.2, 0.25) is 0 Å². The van der Waals surface area contributed by atoms with Crippen molar-refractivity contribution in [3.63, 3.8) is 0 Å². The molecule has 0 saturated heterocycles. The lowest BCUT2D eigenvalue weighted by Gasteiger charge is -2.18. The molecule has 1 rings (SSSR count). The van der Waals surface area contributed by atoms with Crippen LogP contribution in [0.1, 0.15) is 33.3 Å². The van der Waals surface area contributed by atoms with Crippen LogP contribution in [0.25, 0.3) is 0 Å². The number of methoxy groups -OCH3 is 1. The van der Waals surface area contributed by atoms with Crippen molar-refractivity contribution in [2.24, 2.45) is 5.92 Å². The van der Waals surface area contributed by atoms with E-state index in [9.17, 15) is 0 Å². The molecule has 19 heavy (non-hydrogen) atoms. The van der Waals surface area contributed by atoms with Gasteiger partial charge in [0.15, 0.2) is 11.5 Å². The fraction of sp³-hybridized carbons (Fsp3) is 0.600. The Morgan fingerprint density at radius 3 is 2.42 bits per heavy atom. The molecule has 0 atom stereocenters. The number of ether oxygens (including phenoxy) is 2. The minimum Gasteiger partial charge on any atom is -0.493 e. The summed E-state index contributed by atoms with van der Waals surface area (Å²) in [6.07, 6.45) is 0.124. The Hall–Kier alpha value is -0.740. The summed E-state index contributed by atoms with van der Waals surface area (Å²) in [5, 5.41) is 3.44. The van der Waals surface area contributed by atoms with Crippen LogP contribution in [0.5, 0.6) is 11.5 Å². The van der Waals surface area contributed by atoms with Crippen LogP contribution in [0, 0.1) is 5.92 Å². The number of nitrogens with one attached hydrogen (secondary N) is 1. The molecule has 0 amide bonds. The van der Waals surface area contributed by atoms with E-state index in [0.717, 1.165) is 34.6 Å². The van der Waals surface area contributed by atoms with Gasteiger partial charge in [0.05, 0.1) is 13.2 Å².